The van der Waals surface area contributed by atoms with Crippen molar-refractivity contribution in [1.29, 1.82) is 0 Å². The summed E-state index contributed by atoms with van der Waals surface area (Å²) in [4.78, 5) is 3.80. The van der Waals surface area contributed by atoms with Crippen LogP contribution >= 0.6 is 11.6 Å². The summed E-state index contributed by atoms with van der Waals surface area (Å²) in [5.41, 5.74) is 0. The molecule has 66 valence electrons. The lowest BCUT2D eigenvalue weighted by molar-refractivity contribution is 0.597. The minimum Gasteiger partial charge on any atom is -0.263 e. The van der Waals surface area contributed by atoms with E-state index in [0.29, 0.717) is 0 Å². The minimum atomic E-state index is -3.22. The number of rotatable bonds is 2. The van der Waals surface area contributed by atoms with Crippen LogP contribution in [0.2, 0.25) is 5.02 Å². The topological polar surface area (TPSA) is 47.0 Å². The standard InChI is InChI=1S/C7H8ClNO2S/c1-2-12(10,11)7-5-9-4-3-6(7)8/h3-5H,2H2,1H3. The second kappa shape index (κ2) is 3.41. The summed E-state index contributed by atoms with van der Waals surface area (Å²) in [7, 11) is -3.22. The monoisotopic (exact) mass is 205 g/mol. The average molecular weight is 206 g/mol. The van der Waals surface area contributed by atoms with Crippen LogP contribution in [0, 0.1) is 0 Å². The molecule has 1 aromatic heterocycles. The number of halogens is 1. The van der Waals surface area contributed by atoms with Gasteiger partial charge < -0.3 is 0 Å². The fourth-order valence-electron chi connectivity index (χ4n) is 0.747. The number of sulfone groups is 1. The maximum absolute atomic E-state index is 11.3. The van der Waals surface area contributed by atoms with Gasteiger partial charge in [-0.25, -0.2) is 8.42 Å². The maximum Gasteiger partial charge on any atom is 0.181 e. The first-order chi connectivity index (χ1) is 5.58. The van der Waals surface area contributed by atoms with Crippen molar-refractivity contribution >= 4 is 21.4 Å². The molecule has 0 spiro atoms. The highest BCUT2D eigenvalue weighted by Gasteiger charge is 2.14. The Balaban J connectivity index is 3.30. The lowest BCUT2D eigenvalue weighted by Crippen LogP contribution is -2.04. The average Bonchev–Trinajstić information content (AvgIpc) is 2.05. The maximum atomic E-state index is 11.3. The molecule has 0 atom stereocenters. The molecule has 0 amide bonds. The molecular formula is C7H8ClNO2S. The first-order valence-electron chi connectivity index (χ1n) is 3.40. The Morgan fingerprint density at radius 3 is 2.75 bits per heavy atom. The van der Waals surface area contributed by atoms with Crippen molar-refractivity contribution in [3.63, 3.8) is 0 Å². The van der Waals surface area contributed by atoms with Gasteiger partial charge >= 0.3 is 0 Å². The van der Waals surface area contributed by atoms with Crippen LogP contribution in [-0.4, -0.2) is 19.2 Å². The molecule has 0 aliphatic heterocycles. The molecule has 0 saturated heterocycles. The smallest absolute Gasteiger partial charge is 0.181 e. The predicted octanol–water partition coefficient (Wildman–Crippen LogP) is 1.53. The zero-order valence-corrected chi connectivity index (χ0v) is 8.06. The molecule has 0 fully saturated rings. The van der Waals surface area contributed by atoms with Crippen LogP contribution in [0.5, 0.6) is 0 Å². The summed E-state index contributed by atoms with van der Waals surface area (Å²) in [6.07, 6.45) is 2.72. The van der Waals surface area contributed by atoms with Gasteiger partial charge in [-0.2, -0.15) is 0 Å². The van der Waals surface area contributed by atoms with Gasteiger partial charge in [0.2, 0.25) is 0 Å². The van der Waals surface area contributed by atoms with Gasteiger partial charge in [0.1, 0.15) is 4.90 Å². The lowest BCUT2D eigenvalue weighted by Gasteiger charge is -2.01. The van der Waals surface area contributed by atoms with Gasteiger partial charge in [-0.3, -0.25) is 4.98 Å². The molecule has 0 aromatic carbocycles. The highest BCUT2D eigenvalue weighted by atomic mass is 35.5. The van der Waals surface area contributed by atoms with Crippen LogP contribution in [0.4, 0.5) is 0 Å². The van der Waals surface area contributed by atoms with Crippen molar-refractivity contribution < 1.29 is 8.42 Å². The summed E-state index contributed by atoms with van der Waals surface area (Å²) >= 11 is 5.67. The Bertz CT molecular complexity index is 375. The second-order valence-electron chi connectivity index (χ2n) is 2.21. The van der Waals surface area contributed by atoms with Gasteiger partial charge in [0.25, 0.3) is 0 Å². The Labute approximate surface area is 76.3 Å². The molecule has 0 aliphatic carbocycles. The zero-order chi connectivity index (χ0) is 9.19. The summed E-state index contributed by atoms with van der Waals surface area (Å²) < 4.78 is 22.6. The molecule has 12 heavy (non-hydrogen) atoms. The number of nitrogens with zero attached hydrogens (tertiary/aromatic N) is 1. The number of hydrogen-bond acceptors (Lipinski definition) is 3. The van der Waals surface area contributed by atoms with E-state index in [9.17, 15) is 8.42 Å². The third-order valence-corrected chi connectivity index (χ3v) is 3.65. The van der Waals surface area contributed by atoms with E-state index >= 15 is 0 Å². The van der Waals surface area contributed by atoms with Gasteiger partial charge in [-0.05, 0) is 6.07 Å². The van der Waals surface area contributed by atoms with Gasteiger partial charge in [-0.15, -0.1) is 0 Å². The van der Waals surface area contributed by atoms with Crippen molar-refractivity contribution in [2.75, 3.05) is 5.75 Å². The number of aromatic nitrogens is 1. The molecule has 3 nitrogen and oxygen atoms in total. The highest BCUT2D eigenvalue weighted by molar-refractivity contribution is 7.91. The van der Waals surface area contributed by atoms with Crippen LogP contribution in [0.25, 0.3) is 0 Å². The predicted molar refractivity (Wildman–Crippen MR) is 47.0 cm³/mol. The van der Waals surface area contributed by atoms with Crippen molar-refractivity contribution in [1.82, 2.24) is 4.98 Å². The van der Waals surface area contributed by atoms with E-state index in [2.05, 4.69) is 4.98 Å². The molecule has 0 N–H and O–H groups in total. The lowest BCUT2D eigenvalue weighted by atomic mass is 10.5. The fourth-order valence-corrected chi connectivity index (χ4v) is 2.10. The van der Waals surface area contributed by atoms with E-state index in [4.69, 9.17) is 11.6 Å². The van der Waals surface area contributed by atoms with Crippen LogP contribution in [-0.2, 0) is 9.84 Å². The van der Waals surface area contributed by atoms with Crippen molar-refractivity contribution in [3.8, 4) is 0 Å². The first-order valence-corrected chi connectivity index (χ1v) is 5.43. The van der Waals surface area contributed by atoms with Gasteiger partial charge in [0, 0.05) is 12.4 Å². The Hall–Kier alpha value is -0.610. The molecule has 1 heterocycles. The summed E-state index contributed by atoms with van der Waals surface area (Å²) in [6.45, 7) is 1.57. The largest absolute Gasteiger partial charge is 0.263 e. The molecule has 0 saturated carbocycles. The van der Waals surface area contributed by atoms with Crippen molar-refractivity contribution in [2.24, 2.45) is 0 Å². The van der Waals surface area contributed by atoms with E-state index in [1.165, 1.54) is 18.5 Å². The Morgan fingerprint density at radius 1 is 1.58 bits per heavy atom. The first kappa shape index (κ1) is 9.48. The van der Waals surface area contributed by atoms with E-state index in [0.717, 1.165) is 0 Å². The number of pyridine rings is 1. The summed E-state index contributed by atoms with van der Waals surface area (Å²) in [5, 5.41) is 0.229. The molecule has 0 bridgehead atoms. The van der Waals surface area contributed by atoms with E-state index in [1.54, 1.807) is 6.92 Å². The van der Waals surface area contributed by atoms with Gasteiger partial charge in [0.05, 0.1) is 10.8 Å². The second-order valence-corrected chi connectivity index (χ2v) is 4.86. The van der Waals surface area contributed by atoms with Gasteiger partial charge in [-0.1, -0.05) is 18.5 Å². The van der Waals surface area contributed by atoms with Crippen LogP contribution < -0.4 is 0 Å². The third kappa shape index (κ3) is 1.76. The van der Waals surface area contributed by atoms with Crippen LogP contribution in [0.3, 0.4) is 0 Å². The molecular weight excluding hydrogens is 198 g/mol. The Kier molecular flexibility index (Phi) is 2.69. The zero-order valence-electron chi connectivity index (χ0n) is 6.49. The quantitative estimate of drug-likeness (QED) is 0.736. The highest BCUT2D eigenvalue weighted by Crippen LogP contribution is 2.19. The molecule has 1 aromatic rings. The molecule has 0 unspecified atom stereocenters. The van der Waals surface area contributed by atoms with E-state index in [-0.39, 0.29) is 15.7 Å². The molecule has 5 heteroatoms. The van der Waals surface area contributed by atoms with Crippen molar-refractivity contribution in [3.05, 3.63) is 23.5 Å². The molecule has 1 rings (SSSR count). The minimum absolute atomic E-state index is 0.0401. The summed E-state index contributed by atoms with van der Waals surface area (Å²) in [6, 6.07) is 1.46. The van der Waals surface area contributed by atoms with E-state index in [1.807, 2.05) is 0 Å². The van der Waals surface area contributed by atoms with Crippen LogP contribution in [0.15, 0.2) is 23.4 Å². The normalized spacial score (nSPS) is 11.5. The molecule has 0 aliphatic rings. The van der Waals surface area contributed by atoms with Crippen LogP contribution in [0.1, 0.15) is 6.92 Å². The SMILES string of the molecule is CCS(=O)(=O)c1cnccc1Cl. The number of hydrogen-bond donors (Lipinski definition) is 0. The molecule has 0 radical (unpaired) electrons. The van der Waals surface area contributed by atoms with Crippen molar-refractivity contribution in [2.45, 2.75) is 11.8 Å². The van der Waals surface area contributed by atoms with Gasteiger partial charge in [0.15, 0.2) is 9.84 Å². The van der Waals surface area contributed by atoms with E-state index < -0.39 is 9.84 Å². The fraction of sp³-hybridized carbons (Fsp3) is 0.286. The Morgan fingerprint density at radius 2 is 2.25 bits per heavy atom. The summed E-state index contributed by atoms with van der Waals surface area (Å²) in [5.74, 6) is 0.0401. The third-order valence-electron chi connectivity index (χ3n) is 1.45.